The molecule has 24 heavy (non-hydrogen) atoms. The zero-order valence-corrected chi connectivity index (χ0v) is 14.5. The van der Waals surface area contributed by atoms with E-state index in [4.69, 9.17) is 9.47 Å². The van der Waals surface area contributed by atoms with E-state index in [-0.39, 0.29) is 24.4 Å². The van der Waals surface area contributed by atoms with Crippen LogP contribution in [0.3, 0.4) is 0 Å². The zero-order chi connectivity index (χ0) is 17.4. The highest BCUT2D eigenvalue weighted by molar-refractivity contribution is 5.74. The molecule has 2 rings (SSSR count). The molecule has 1 aromatic carbocycles. The Labute approximate surface area is 143 Å². The van der Waals surface area contributed by atoms with Crippen molar-refractivity contribution in [2.24, 2.45) is 5.92 Å². The smallest absolute Gasteiger partial charge is 0.317 e. The summed E-state index contributed by atoms with van der Waals surface area (Å²) < 4.78 is 24.4. The number of urea groups is 1. The minimum atomic E-state index is -0.397. The number of carbonyl (C=O) groups is 1. The third-order valence-electron chi connectivity index (χ3n) is 4.06. The van der Waals surface area contributed by atoms with E-state index >= 15 is 0 Å². The van der Waals surface area contributed by atoms with E-state index in [0.29, 0.717) is 25.7 Å². The molecule has 134 valence electrons. The lowest BCUT2D eigenvalue weighted by atomic mass is 9.99. The molecule has 0 unspecified atom stereocenters. The lowest BCUT2D eigenvalue weighted by Gasteiger charge is -2.33. The van der Waals surface area contributed by atoms with E-state index in [0.717, 1.165) is 19.4 Å². The number of piperidine rings is 1. The third-order valence-corrected chi connectivity index (χ3v) is 4.06. The lowest BCUT2D eigenvalue weighted by Crippen LogP contribution is -2.49. The van der Waals surface area contributed by atoms with Gasteiger partial charge in [-0.3, -0.25) is 0 Å². The van der Waals surface area contributed by atoms with Crippen LogP contribution in [-0.4, -0.2) is 49.9 Å². The maximum absolute atomic E-state index is 13.5. The van der Waals surface area contributed by atoms with Crippen LogP contribution < -0.4 is 10.1 Å². The van der Waals surface area contributed by atoms with Crippen molar-refractivity contribution in [3.05, 3.63) is 30.1 Å². The van der Waals surface area contributed by atoms with Crippen molar-refractivity contribution < 1.29 is 18.7 Å². The average Bonchev–Trinajstić information content (AvgIpc) is 2.59. The highest BCUT2D eigenvalue weighted by atomic mass is 19.1. The number of likely N-dealkylation sites (tertiary alicyclic amines) is 1. The summed E-state index contributed by atoms with van der Waals surface area (Å²) in [6.45, 7) is 6.93. The first kappa shape index (κ1) is 18.5. The van der Waals surface area contributed by atoms with Gasteiger partial charge in [-0.15, -0.1) is 0 Å². The molecule has 0 saturated carbocycles. The van der Waals surface area contributed by atoms with Crippen LogP contribution in [0, 0.1) is 11.7 Å². The van der Waals surface area contributed by atoms with Gasteiger partial charge in [0, 0.05) is 25.6 Å². The highest BCUT2D eigenvalue weighted by Crippen LogP contribution is 2.17. The van der Waals surface area contributed by atoms with Crippen LogP contribution in [0.5, 0.6) is 5.75 Å². The van der Waals surface area contributed by atoms with Crippen molar-refractivity contribution in [1.29, 1.82) is 0 Å². The topological polar surface area (TPSA) is 50.8 Å². The van der Waals surface area contributed by atoms with Crippen LogP contribution in [0.2, 0.25) is 0 Å². The van der Waals surface area contributed by atoms with Gasteiger partial charge in [0.1, 0.15) is 6.61 Å². The Morgan fingerprint density at radius 2 is 2.25 bits per heavy atom. The summed E-state index contributed by atoms with van der Waals surface area (Å²) in [5.74, 6) is 0.202. The van der Waals surface area contributed by atoms with Crippen molar-refractivity contribution in [3.63, 3.8) is 0 Å². The minimum Gasteiger partial charge on any atom is -0.488 e. The van der Waals surface area contributed by atoms with Gasteiger partial charge < -0.3 is 19.7 Å². The third kappa shape index (κ3) is 5.67. The Balaban J connectivity index is 1.75. The van der Waals surface area contributed by atoms with E-state index in [9.17, 15) is 9.18 Å². The van der Waals surface area contributed by atoms with Crippen molar-refractivity contribution in [1.82, 2.24) is 10.2 Å². The molecule has 0 aliphatic carbocycles. The highest BCUT2D eigenvalue weighted by Gasteiger charge is 2.24. The predicted molar refractivity (Wildman–Crippen MR) is 90.7 cm³/mol. The summed E-state index contributed by atoms with van der Waals surface area (Å²) in [5.41, 5.74) is 0. The summed E-state index contributed by atoms with van der Waals surface area (Å²) in [6, 6.07) is 5.96. The first-order valence-corrected chi connectivity index (χ1v) is 8.60. The molecule has 1 aliphatic rings. The van der Waals surface area contributed by atoms with E-state index in [1.807, 2.05) is 18.7 Å². The van der Waals surface area contributed by atoms with E-state index in [2.05, 4.69) is 5.32 Å². The van der Waals surface area contributed by atoms with Crippen LogP contribution in [0.1, 0.15) is 26.7 Å². The number of amides is 2. The zero-order valence-electron chi connectivity index (χ0n) is 14.5. The summed E-state index contributed by atoms with van der Waals surface area (Å²) >= 11 is 0. The van der Waals surface area contributed by atoms with Crippen LogP contribution in [0.25, 0.3) is 0 Å². The van der Waals surface area contributed by atoms with Gasteiger partial charge in [-0.05, 0) is 38.8 Å². The van der Waals surface area contributed by atoms with Crippen LogP contribution in [0.15, 0.2) is 24.3 Å². The lowest BCUT2D eigenvalue weighted by molar-refractivity contribution is 0.0748. The quantitative estimate of drug-likeness (QED) is 0.831. The van der Waals surface area contributed by atoms with Gasteiger partial charge in [0.2, 0.25) is 0 Å². The molecule has 2 amide bonds. The van der Waals surface area contributed by atoms with E-state index < -0.39 is 5.82 Å². The normalized spacial score (nSPS) is 19.0. The Bertz CT molecular complexity index is 527. The van der Waals surface area contributed by atoms with Crippen LogP contribution >= 0.6 is 0 Å². The molecule has 5 nitrogen and oxygen atoms in total. The van der Waals surface area contributed by atoms with Crippen molar-refractivity contribution >= 4 is 6.03 Å². The van der Waals surface area contributed by atoms with Gasteiger partial charge in [0.05, 0.1) is 12.6 Å². The summed E-state index contributed by atoms with van der Waals surface area (Å²) in [6.07, 6.45) is 2.08. The first-order valence-electron chi connectivity index (χ1n) is 8.60. The molecule has 1 saturated heterocycles. The predicted octanol–water partition coefficient (Wildman–Crippen LogP) is 3.05. The number of nitrogens with one attached hydrogen (secondary N) is 1. The minimum absolute atomic E-state index is 0.0965. The van der Waals surface area contributed by atoms with Gasteiger partial charge in [0.15, 0.2) is 11.6 Å². The molecule has 1 N–H and O–H groups in total. The molecule has 0 spiro atoms. The van der Waals surface area contributed by atoms with Gasteiger partial charge in [0.25, 0.3) is 0 Å². The molecule has 0 radical (unpaired) electrons. The molecule has 1 heterocycles. The Morgan fingerprint density at radius 1 is 1.46 bits per heavy atom. The van der Waals surface area contributed by atoms with Gasteiger partial charge >= 0.3 is 6.03 Å². The fraction of sp³-hybridized carbons (Fsp3) is 0.611. The molecular weight excluding hydrogens is 311 g/mol. The van der Waals surface area contributed by atoms with Gasteiger partial charge in [-0.25, -0.2) is 9.18 Å². The molecule has 6 heteroatoms. The Hall–Kier alpha value is -1.82. The number of carbonyl (C=O) groups excluding carboxylic acids is 1. The largest absolute Gasteiger partial charge is 0.488 e. The van der Waals surface area contributed by atoms with Crippen molar-refractivity contribution in [2.45, 2.75) is 32.7 Å². The average molecular weight is 338 g/mol. The van der Waals surface area contributed by atoms with Crippen LogP contribution in [0.4, 0.5) is 9.18 Å². The Morgan fingerprint density at radius 3 is 3.00 bits per heavy atom. The second kappa shape index (κ2) is 9.47. The Kier molecular flexibility index (Phi) is 7.31. The summed E-state index contributed by atoms with van der Waals surface area (Å²) in [4.78, 5) is 14.2. The van der Waals surface area contributed by atoms with E-state index in [1.165, 1.54) is 6.07 Å². The van der Waals surface area contributed by atoms with E-state index in [1.54, 1.807) is 18.2 Å². The summed E-state index contributed by atoms with van der Waals surface area (Å²) in [7, 11) is 0. The van der Waals surface area contributed by atoms with Gasteiger partial charge in [-0.2, -0.15) is 0 Å². The van der Waals surface area contributed by atoms with Gasteiger partial charge in [-0.1, -0.05) is 12.1 Å². The number of hydrogen-bond donors (Lipinski definition) is 1. The standard InChI is InChI=1S/C18H27FN2O3/c1-3-23-13-15-7-6-10-21(11-15)18(22)20-14(2)12-24-17-9-5-4-8-16(17)19/h4-5,8-9,14-15H,3,6-7,10-13H2,1-2H3,(H,20,22)/t14-,15-/m0/s1. The number of nitrogens with zero attached hydrogens (tertiary/aromatic N) is 1. The molecule has 1 aliphatic heterocycles. The second-order valence-corrected chi connectivity index (χ2v) is 6.21. The number of benzene rings is 1. The summed E-state index contributed by atoms with van der Waals surface area (Å²) in [5, 5.41) is 2.91. The van der Waals surface area contributed by atoms with Crippen molar-refractivity contribution in [2.75, 3.05) is 32.9 Å². The molecular formula is C18H27FN2O3. The monoisotopic (exact) mass is 338 g/mol. The fourth-order valence-electron chi connectivity index (χ4n) is 2.79. The number of hydrogen-bond acceptors (Lipinski definition) is 3. The molecule has 1 aromatic rings. The fourth-order valence-corrected chi connectivity index (χ4v) is 2.79. The molecule has 1 fully saturated rings. The number of halogens is 1. The maximum atomic E-state index is 13.5. The first-order chi connectivity index (χ1) is 11.6. The molecule has 2 atom stereocenters. The number of rotatable bonds is 7. The SMILES string of the molecule is CCOC[C@H]1CCCN(C(=O)N[C@@H](C)COc2ccccc2F)C1. The molecule has 0 bridgehead atoms. The molecule has 0 aromatic heterocycles. The number of para-hydroxylation sites is 1. The van der Waals surface area contributed by atoms with Crippen LogP contribution in [-0.2, 0) is 4.74 Å². The maximum Gasteiger partial charge on any atom is 0.317 e. The number of ether oxygens (including phenoxy) is 2. The van der Waals surface area contributed by atoms with Crippen molar-refractivity contribution in [3.8, 4) is 5.75 Å². The second-order valence-electron chi connectivity index (χ2n) is 6.21.